The van der Waals surface area contributed by atoms with Gasteiger partial charge in [-0.15, -0.1) is 0 Å². The van der Waals surface area contributed by atoms with Crippen LogP contribution >= 0.6 is 0 Å². The minimum atomic E-state index is 0.698. The first-order chi connectivity index (χ1) is 70.4. The highest BCUT2D eigenvalue weighted by Crippen LogP contribution is 2.43. The fourth-order valence-electron chi connectivity index (χ4n) is 20.5. The summed E-state index contributed by atoms with van der Waals surface area (Å²) in [6.45, 7) is 0. The van der Waals surface area contributed by atoms with E-state index in [1.165, 1.54) is 115 Å². The Balaban J connectivity index is 0.000000117. The molecule has 0 saturated heterocycles. The average molecular weight is 1810 g/mol. The number of aromatic nitrogens is 8. The highest BCUT2D eigenvalue weighted by Gasteiger charge is 2.23. The predicted octanol–water partition coefficient (Wildman–Crippen LogP) is 35.0. The number of hydrogen-bond acceptors (Lipinski definition) is 4. The van der Waals surface area contributed by atoms with Gasteiger partial charge in [0.1, 0.15) is 0 Å². The minimum Gasteiger partial charge on any atom is -0.309 e. The fourth-order valence-corrected chi connectivity index (χ4v) is 20.5. The van der Waals surface area contributed by atoms with E-state index in [2.05, 4.69) is 516 Å². The Hall–Kier alpha value is -19.0. The largest absolute Gasteiger partial charge is 0.309 e. The lowest BCUT2D eigenvalue weighted by atomic mass is 9.98. The van der Waals surface area contributed by atoms with Crippen molar-refractivity contribution in [3.05, 3.63) is 546 Å². The zero-order chi connectivity index (χ0) is 94.2. The second-order valence-corrected chi connectivity index (χ2v) is 36.0. The van der Waals surface area contributed by atoms with Crippen LogP contribution in [0.25, 0.3) is 245 Å². The monoisotopic (exact) mass is 1810 g/mol. The van der Waals surface area contributed by atoms with Crippen LogP contribution in [0.15, 0.2) is 546 Å². The Morgan fingerprint density at radius 1 is 0.106 bits per heavy atom. The standard InChI is InChI=1S/C58H38N4.C41H28N2.C35H24N2/c1-3-15-39(16-4-1)40-27-31-42(32-28-40)52-38-53(60-58(59-52)44-17-5-2-6-18-44)43-33-29-41(30-34-43)45-35-46(61-54-23-11-7-19-48(54)49-20-8-12-24-55(49)61)37-47(36-45)62-56-25-13-9-21-50(56)51-22-10-14-26-57(51)62;1-3-11-29(12-4-1)30-19-21-33(22-20-30)39-28-34(27-38(42-39)32-13-5-2-6-14-32)31-23-25-35(26-24-31)43-40-17-9-7-15-36(40)37-16-8-10-18-41(37)43;1-3-11-26(12-4-1)32-23-28(24-33(36-32)27-13-5-2-6-14-27)25-19-21-29(22-20-25)37-34-17-9-7-15-30(34)31-16-8-10-18-35(31)37/h1-38H;1-28H;1-24H. The molecule has 0 fully saturated rings. The van der Waals surface area contributed by atoms with Crippen molar-refractivity contribution in [2.24, 2.45) is 0 Å². The SMILES string of the molecule is c1ccc(-c2cc(-c3ccc(-n4c5ccccc5c5ccccc54)cc3)cc(-c3ccccc3)n2)cc1.c1ccc(-c2ccc(-c3cc(-c4ccc(-c5cc(-n6c7ccccc7c7ccccc76)cc(-n6c7ccccc7c7ccccc76)c5)cc4)nc(-c4ccccc4)n3)cc2)cc1.c1ccc(-c2ccc(-c3cc(-c4ccc(-n5c6ccccc6c6ccccc65)cc4)cc(-c4ccccc4)n3)cc2)cc1. The zero-order valence-corrected chi connectivity index (χ0v) is 77.5. The summed E-state index contributed by atoms with van der Waals surface area (Å²) in [7, 11) is 0. The molecule has 0 N–H and O–H groups in total. The number of fused-ring (bicyclic) bond motifs is 12. The molecule has 142 heavy (non-hydrogen) atoms. The summed E-state index contributed by atoms with van der Waals surface area (Å²) < 4.78 is 9.54. The van der Waals surface area contributed by atoms with Crippen LogP contribution in [0.3, 0.4) is 0 Å². The van der Waals surface area contributed by atoms with Crippen LogP contribution < -0.4 is 0 Å². The van der Waals surface area contributed by atoms with Gasteiger partial charge in [0, 0.05) is 105 Å². The normalized spacial score (nSPS) is 11.4. The summed E-state index contributed by atoms with van der Waals surface area (Å²) in [6, 6.07) is 194. The molecule has 0 aliphatic heterocycles. The number of pyridine rings is 2. The molecule has 7 heterocycles. The smallest absolute Gasteiger partial charge is 0.160 e. The third-order valence-electron chi connectivity index (χ3n) is 27.4. The molecule has 8 heteroatoms. The first-order valence-corrected chi connectivity index (χ1v) is 48.3. The molecule has 27 rings (SSSR count). The highest BCUT2D eigenvalue weighted by molar-refractivity contribution is 6.13. The molecule has 7 aromatic heterocycles. The van der Waals surface area contributed by atoms with Gasteiger partial charge in [-0.25, -0.2) is 19.9 Å². The summed E-state index contributed by atoms with van der Waals surface area (Å²) in [5.74, 6) is 0.698. The van der Waals surface area contributed by atoms with E-state index < -0.39 is 0 Å². The van der Waals surface area contributed by atoms with Gasteiger partial charge in [0.15, 0.2) is 5.82 Å². The van der Waals surface area contributed by atoms with Gasteiger partial charge in [-0.3, -0.25) is 0 Å². The number of benzene rings is 20. The lowest BCUT2D eigenvalue weighted by Crippen LogP contribution is -2.00. The van der Waals surface area contributed by atoms with Gasteiger partial charge in [0.25, 0.3) is 0 Å². The molecule has 0 radical (unpaired) electrons. The maximum Gasteiger partial charge on any atom is 0.160 e. The molecule has 0 aliphatic rings. The molecule has 0 spiro atoms. The quantitative estimate of drug-likeness (QED) is 0.0966. The van der Waals surface area contributed by atoms with Crippen molar-refractivity contribution < 1.29 is 0 Å². The third-order valence-corrected chi connectivity index (χ3v) is 27.4. The van der Waals surface area contributed by atoms with Gasteiger partial charge in [0.05, 0.1) is 78.3 Å². The summed E-state index contributed by atoms with van der Waals surface area (Å²) in [5, 5.41) is 10.0. The molecule has 20 aromatic carbocycles. The first-order valence-electron chi connectivity index (χ1n) is 48.3. The Labute approximate surface area is 822 Å². The van der Waals surface area contributed by atoms with E-state index in [0.29, 0.717) is 5.82 Å². The van der Waals surface area contributed by atoms with E-state index in [0.717, 1.165) is 124 Å². The lowest BCUT2D eigenvalue weighted by molar-refractivity contribution is 1.13. The van der Waals surface area contributed by atoms with Gasteiger partial charge in [0.2, 0.25) is 0 Å². The minimum absolute atomic E-state index is 0.698. The zero-order valence-electron chi connectivity index (χ0n) is 77.5. The van der Waals surface area contributed by atoms with Crippen molar-refractivity contribution in [1.29, 1.82) is 0 Å². The maximum atomic E-state index is 5.16. The maximum absolute atomic E-state index is 5.16. The Morgan fingerprint density at radius 3 is 0.528 bits per heavy atom. The third kappa shape index (κ3) is 16.3. The van der Waals surface area contributed by atoms with Crippen LogP contribution in [0.2, 0.25) is 0 Å². The molecule has 8 nitrogen and oxygen atoms in total. The van der Waals surface area contributed by atoms with Crippen LogP contribution in [0.1, 0.15) is 0 Å². The van der Waals surface area contributed by atoms with Crippen LogP contribution in [-0.4, -0.2) is 38.2 Å². The fraction of sp³-hybridized carbons (Fsp3) is 0. The van der Waals surface area contributed by atoms with Crippen molar-refractivity contribution in [2.75, 3.05) is 0 Å². The van der Waals surface area contributed by atoms with Gasteiger partial charge < -0.3 is 18.3 Å². The van der Waals surface area contributed by atoms with E-state index in [9.17, 15) is 0 Å². The average Bonchev–Trinajstić information content (AvgIpc) is 1.60. The Morgan fingerprint density at radius 2 is 0.275 bits per heavy atom. The summed E-state index contributed by atoms with van der Waals surface area (Å²) in [4.78, 5) is 20.4. The highest BCUT2D eigenvalue weighted by atomic mass is 15.0. The van der Waals surface area contributed by atoms with E-state index >= 15 is 0 Å². The predicted molar refractivity (Wildman–Crippen MR) is 593 cm³/mol. The van der Waals surface area contributed by atoms with Crippen LogP contribution in [-0.2, 0) is 0 Å². The molecular formula is C134H90N8. The second-order valence-electron chi connectivity index (χ2n) is 36.0. The van der Waals surface area contributed by atoms with Crippen molar-refractivity contribution >= 4 is 87.2 Å². The topological polar surface area (TPSA) is 71.3 Å². The van der Waals surface area contributed by atoms with Crippen molar-refractivity contribution in [2.45, 2.75) is 0 Å². The van der Waals surface area contributed by atoms with E-state index in [1.54, 1.807) is 0 Å². The molecular weight excluding hydrogens is 1720 g/mol. The van der Waals surface area contributed by atoms with Gasteiger partial charge in [-0.1, -0.05) is 425 Å². The van der Waals surface area contributed by atoms with Gasteiger partial charge >= 0.3 is 0 Å². The second kappa shape index (κ2) is 37.2. The van der Waals surface area contributed by atoms with Crippen LogP contribution in [0.5, 0.6) is 0 Å². The van der Waals surface area contributed by atoms with Gasteiger partial charge in [-0.2, -0.15) is 0 Å². The Kier molecular flexibility index (Phi) is 22.2. The van der Waals surface area contributed by atoms with Crippen LogP contribution in [0, 0.1) is 0 Å². The van der Waals surface area contributed by atoms with E-state index in [1.807, 2.05) is 48.5 Å². The molecule has 0 amide bonds. The first kappa shape index (κ1) is 84.7. The van der Waals surface area contributed by atoms with Crippen molar-refractivity contribution in [3.63, 3.8) is 0 Å². The van der Waals surface area contributed by atoms with Crippen LogP contribution in [0.4, 0.5) is 0 Å². The summed E-state index contributed by atoms with van der Waals surface area (Å²) in [5.41, 5.74) is 38.8. The number of hydrogen-bond donors (Lipinski definition) is 0. The molecule has 0 bridgehead atoms. The number of rotatable bonds is 16. The molecule has 0 aliphatic carbocycles. The Bertz CT molecular complexity index is 8920. The van der Waals surface area contributed by atoms with Gasteiger partial charge in [-0.05, 0) is 177 Å². The van der Waals surface area contributed by atoms with Crippen molar-refractivity contribution in [3.8, 4) is 157 Å². The molecule has 0 saturated carbocycles. The number of nitrogens with zero attached hydrogens (tertiary/aromatic N) is 8. The molecule has 27 aromatic rings. The van der Waals surface area contributed by atoms with Crippen molar-refractivity contribution in [1.82, 2.24) is 38.2 Å². The van der Waals surface area contributed by atoms with E-state index in [-0.39, 0.29) is 0 Å². The van der Waals surface area contributed by atoms with E-state index in [4.69, 9.17) is 19.9 Å². The number of para-hydroxylation sites is 8. The molecule has 0 atom stereocenters. The lowest BCUT2D eigenvalue weighted by Gasteiger charge is -2.16. The summed E-state index contributed by atoms with van der Waals surface area (Å²) in [6.07, 6.45) is 0. The molecule has 0 unspecified atom stereocenters. The molecule has 666 valence electrons. The summed E-state index contributed by atoms with van der Waals surface area (Å²) >= 11 is 0.